The number of carbonyl (C=O) groups is 1. The van der Waals surface area contributed by atoms with Crippen LogP contribution in [-0.2, 0) is 11.3 Å². The SMILES string of the molecule is C[C@H](NC(=O)CCn1ccc(=O)[nH]c1=O)[C@@H]1C[C@@H]2CC[C@@H]1C2. The van der Waals surface area contributed by atoms with Crippen molar-refractivity contribution in [2.24, 2.45) is 17.8 Å². The lowest BCUT2D eigenvalue weighted by molar-refractivity contribution is -0.122. The van der Waals surface area contributed by atoms with Gasteiger partial charge in [-0.15, -0.1) is 0 Å². The van der Waals surface area contributed by atoms with E-state index in [9.17, 15) is 14.4 Å². The molecule has 1 aromatic heterocycles. The molecule has 2 aliphatic carbocycles. The summed E-state index contributed by atoms with van der Waals surface area (Å²) in [5.74, 6) is 2.23. The molecule has 0 radical (unpaired) electrons. The van der Waals surface area contributed by atoms with E-state index in [1.165, 1.54) is 42.5 Å². The smallest absolute Gasteiger partial charge is 0.328 e. The standard InChI is InChI=1S/C16H23N3O3/c1-10(13-9-11-2-3-12(13)8-11)17-14(20)4-6-19-7-5-15(21)18-16(19)22/h5,7,10-13H,2-4,6,8-9H2,1H3,(H,17,20)(H,18,21,22)/t10-,11+,12+,13-/m0/s1. The van der Waals surface area contributed by atoms with Gasteiger partial charge in [-0.05, 0) is 43.9 Å². The Bertz CT molecular complexity index is 663. The number of aromatic nitrogens is 2. The van der Waals surface area contributed by atoms with E-state index in [0.29, 0.717) is 5.92 Å². The summed E-state index contributed by atoms with van der Waals surface area (Å²) in [7, 11) is 0. The number of aryl methyl sites for hydroxylation is 1. The largest absolute Gasteiger partial charge is 0.353 e. The summed E-state index contributed by atoms with van der Waals surface area (Å²) in [5, 5.41) is 3.08. The number of H-pyrrole nitrogens is 1. The fraction of sp³-hybridized carbons (Fsp3) is 0.688. The quantitative estimate of drug-likeness (QED) is 0.846. The highest BCUT2D eigenvalue weighted by Gasteiger charge is 2.42. The number of nitrogens with one attached hydrogen (secondary N) is 2. The molecule has 2 N–H and O–H groups in total. The maximum absolute atomic E-state index is 12.1. The van der Waals surface area contributed by atoms with Crippen LogP contribution in [0.4, 0.5) is 0 Å². The first-order valence-electron chi connectivity index (χ1n) is 8.12. The third-order valence-corrected chi connectivity index (χ3v) is 5.30. The van der Waals surface area contributed by atoms with Crippen LogP contribution in [-0.4, -0.2) is 21.5 Å². The summed E-state index contributed by atoms with van der Waals surface area (Å²) in [6, 6.07) is 1.49. The van der Waals surface area contributed by atoms with Gasteiger partial charge in [-0.25, -0.2) is 4.79 Å². The molecular formula is C16H23N3O3. The van der Waals surface area contributed by atoms with E-state index in [2.05, 4.69) is 17.2 Å². The van der Waals surface area contributed by atoms with Gasteiger partial charge in [0.2, 0.25) is 5.91 Å². The lowest BCUT2D eigenvalue weighted by Gasteiger charge is -2.28. The van der Waals surface area contributed by atoms with E-state index >= 15 is 0 Å². The number of amides is 1. The predicted molar refractivity (Wildman–Crippen MR) is 82.5 cm³/mol. The van der Waals surface area contributed by atoms with E-state index in [-0.39, 0.29) is 24.9 Å². The summed E-state index contributed by atoms with van der Waals surface area (Å²) in [5.41, 5.74) is -0.892. The number of hydrogen-bond acceptors (Lipinski definition) is 3. The van der Waals surface area contributed by atoms with E-state index in [1.807, 2.05) is 0 Å². The Labute approximate surface area is 128 Å². The monoisotopic (exact) mass is 305 g/mol. The van der Waals surface area contributed by atoms with E-state index < -0.39 is 11.2 Å². The Morgan fingerprint density at radius 3 is 2.86 bits per heavy atom. The lowest BCUT2D eigenvalue weighted by Crippen LogP contribution is -2.40. The van der Waals surface area contributed by atoms with Crippen LogP contribution in [0.1, 0.15) is 39.0 Å². The zero-order chi connectivity index (χ0) is 15.7. The minimum Gasteiger partial charge on any atom is -0.353 e. The molecule has 1 aromatic rings. The zero-order valence-corrected chi connectivity index (χ0v) is 12.9. The number of aromatic amines is 1. The van der Waals surface area contributed by atoms with Crippen LogP contribution in [0.3, 0.4) is 0 Å². The third kappa shape index (κ3) is 3.15. The predicted octanol–water partition coefficient (Wildman–Crippen LogP) is 0.868. The number of fused-ring (bicyclic) bond motifs is 2. The number of hydrogen-bond donors (Lipinski definition) is 2. The number of carbonyl (C=O) groups excluding carboxylic acids is 1. The van der Waals surface area contributed by atoms with Gasteiger partial charge >= 0.3 is 5.69 Å². The maximum Gasteiger partial charge on any atom is 0.328 e. The van der Waals surface area contributed by atoms with Crippen molar-refractivity contribution < 1.29 is 4.79 Å². The second kappa shape index (κ2) is 6.10. The average Bonchev–Trinajstić information content (AvgIpc) is 3.09. The highest BCUT2D eigenvalue weighted by Crippen LogP contribution is 2.49. The van der Waals surface area contributed by atoms with Gasteiger partial charge in [0.05, 0.1) is 0 Å². The Morgan fingerprint density at radius 1 is 1.41 bits per heavy atom. The van der Waals surface area contributed by atoms with Crippen LogP contribution in [0, 0.1) is 17.8 Å². The molecule has 2 bridgehead atoms. The molecule has 4 atom stereocenters. The second-order valence-electron chi connectivity index (χ2n) is 6.75. The molecule has 0 aromatic carbocycles. The van der Waals surface area contributed by atoms with Gasteiger partial charge in [-0.2, -0.15) is 0 Å². The van der Waals surface area contributed by atoms with Crippen molar-refractivity contribution in [1.82, 2.24) is 14.9 Å². The fourth-order valence-corrected chi connectivity index (χ4v) is 4.18. The van der Waals surface area contributed by atoms with Crippen LogP contribution in [0.5, 0.6) is 0 Å². The molecule has 0 unspecified atom stereocenters. The highest BCUT2D eigenvalue weighted by molar-refractivity contribution is 5.76. The summed E-state index contributed by atoms with van der Waals surface area (Å²) >= 11 is 0. The third-order valence-electron chi connectivity index (χ3n) is 5.30. The van der Waals surface area contributed by atoms with Crippen LogP contribution < -0.4 is 16.6 Å². The molecule has 3 rings (SSSR count). The van der Waals surface area contributed by atoms with Crippen molar-refractivity contribution in [1.29, 1.82) is 0 Å². The summed E-state index contributed by atoms with van der Waals surface area (Å²) in [6.45, 7) is 2.38. The Morgan fingerprint density at radius 2 is 2.23 bits per heavy atom. The average molecular weight is 305 g/mol. The topological polar surface area (TPSA) is 84.0 Å². The Kier molecular flexibility index (Phi) is 4.18. The van der Waals surface area contributed by atoms with Crippen molar-refractivity contribution >= 4 is 5.91 Å². The molecule has 120 valence electrons. The van der Waals surface area contributed by atoms with Crippen LogP contribution in [0.2, 0.25) is 0 Å². The lowest BCUT2D eigenvalue weighted by atomic mass is 9.84. The summed E-state index contributed by atoms with van der Waals surface area (Å²) in [6.07, 6.45) is 6.91. The first kappa shape index (κ1) is 15.1. The van der Waals surface area contributed by atoms with Crippen molar-refractivity contribution in [3.8, 4) is 0 Å². The van der Waals surface area contributed by atoms with Gasteiger partial charge in [0.15, 0.2) is 0 Å². The fourth-order valence-electron chi connectivity index (χ4n) is 4.18. The molecule has 1 amide bonds. The molecule has 1 heterocycles. The first-order valence-corrected chi connectivity index (χ1v) is 8.12. The molecule has 6 heteroatoms. The van der Waals surface area contributed by atoms with E-state index in [0.717, 1.165) is 11.8 Å². The molecule has 6 nitrogen and oxygen atoms in total. The summed E-state index contributed by atoms with van der Waals surface area (Å²) in [4.78, 5) is 36.8. The molecule has 2 fully saturated rings. The van der Waals surface area contributed by atoms with Gasteiger partial charge in [0.1, 0.15) is 0 Å². The van der Waals surface area contributed by atoms with E-state index in [1.54, 1.807) is 0 Å². The molecule has 2 aliphatic rings. The molecule has 2 saturated carbocycles. The van der Waals surface area contributed by atoms with Gasteiger partial charge in [0, 0.05) is 31.3 Å². The van der Waals surface area contributed by atoms with Gasteiger partial charge < -0.3 is 9.88 Å². The normalized spacial score (nSPS) is 27.8. The second-order valence-corrected chi connectivity index (χ2v) is 6.75. The minimum absolute atomic E-state index is 0.0339. The molecule has 0 spiro atoms. The maximum atomic E-state index is 12.1. The molecule has 22 heavy (non-hydrogen) atoms. The van der Waals surface area contributed by atoms with Crippen molar-refractivity contribution in [3.63, 3.8) is 0 Å². The van der Waals surface area contributed by atoms with Crippen LogP contribution in [0.25, 0.3) is 0 Å². The van der Waals surface area contributed by atoms with Gasteiger partial charge in [-0.3, -0.25) is 14.6 Å². The van der Waals surface area contributed by atoms with Crippen molar-refractivity contribution in [2.45, 2.75) is 51.6 Å². The minimum atomic E-state index is -0.471. The zero-order valence-electron chi connectivity index (χ0n) is 12.9. The van der Waals surface area contributed by atoms with Gasteiger partial charge in [0.25, 0.3) is 5.56 Å². The van der Waals surface area contributed by atoms with E-state index in [4.69, 9.17) is 0 Å². The Hall–Kier alpha value is -1.85. The Balaban J connectivity index is 1.50. The van der Waals surface area contributed by atoms with Crippen molar-refractivity contribution in [3.05, 3.63) is 33.1 Å². The number of nitrogens with zero attached hydrogens (tertiary/aromatic N) is 1. The van der Waals surface area contributed by atoms with Crippen LogP contribution >= 0.6 is 0 Å². The highest BCUT2D eigenvalue weighted by atomic mass is 16.2. The first-order chi connectivity index (χ1) is 10.5. The van der Waals surface area contributed by atoms with Crippen molar-refractivity contribution in [2.75, 3.05) is 0 Å². The molecule has 0 saturated heterocycles. The summed E-state index contributed by atoms with van der Waals surface area (Å²) < 4.78 is 1.35. The molecule has 0 aliphatic heterocycles. The van der Waals surface area contributed by atoms with Crippen LogP contribution in [0.15, 0.2) is 21.9 Å². The molecular weight excluding hydrogens is 282 g/mol. The number of rotatable bonds is 5. The van der Waals surface area contributed by atoms with Gasteiger partial charge in [-0.1, -0.05) is 6.42 Å².